The number of nitrogens with one attached hydrogen (secondary N) is 1. The van der Waals surface area contributed by atoms with Crippen LogP contribution in [0, 0.1) is 23.1 Å². The van der Waals surface area contributed by atoms with E-state index in [1.54, 1.807) is 19.1 Å². The van der Waals surface area contributed by atoms with Gasteiger partial charge in [-0.15, -0.1) is 0 Å². The maximum atomic E-state index is 13.3. The molecule has 0 aliphatic heterocycles. The summed E-state index contributed by atoms with van der Waals surface area (Å²) in [5.74, 6) is -0.697. The Hall–Kier alpha value is -2.09. The van der Waals surface area contributed by atoms with Gasteiger partial charge in [-0.25, -0.2) is 4.39 Å². The Balaban J connectivity index is 1.88. The van der Waals surface area contributed by atoms with Crippen LogP contribution in [0.25, 0.3) is 0 Å². The largest absolute Gasteiger partial charge is 0.481 e. The Morgan fingerprint density at radius 3 is 2.84 bits per heavy atom. The van der Waals surface area contributed by atoms with Gasteiger partial charge in [0.25, 0.3) is 5.91 Å². The molecule has 0 radical (unpaired) electrons. The van der Waals surface area contributed by atoms with Crippen LogP contribution in [0.4, 0.5) is 4.39 Å². The fraction of sp³-hybridized carbons (Fsp3) is 0.429. The van der Waals surface area contributed by atoms with Gasteiger partial charge in [0, 0.05) is 0 Å². The molecule has 1 aromatic rings. The summed E-state index contributed by atoms with van der Waals surface area (Å²) in [5.41, 5.74) is -0.852. The minimum absolute atomic E-state index is 0.0303. The average Bonchev–Trinajstić information content (AvgIpc) is 3.22. The van der Waals surface area contributed by atoms with Crippen LogP contribution >= 0.6 is 0 Å². The lowest BCUT2D eigenvalue weighted by Gasteiger charge is -2.22. The molecule has 1 aliphatic rings. The fourth-order valence-corrected chi connectivity index (χ4v) is 1.91. The first-order valence-corrected chi connectivity index (χ1v) is 6.15. The van der Waals surface area contributed by atoms with E-state index in [-0.39, 0.29) is 18.3 Å². The van der Waals surface area contributed by atoms with Crippen LogP contribution in [-0.2, 0) is 4.79 Å². The summed E-state index contributed by atoms with van der Waals surface area (Å²) in [4.78, 5) is 11.7. The summed E-state index contributed by atoms with van der Waals surface area (Å²) < 4.78 is 18.4. The molecule has 1 N–H and O–H groups in total. The lowest BCUT2D eigenvalue weighted by atomic mass is 9.98. The molecule has 0 saturated heterocycles. The number of halogens is 1. The second-order valence-corrected chi connectivity index (χ2v) is 4.86. The smallest absolute Gasteiger partial charge is 0.259 e. The van der Waals surface area contributed by atoms with E-state index in [9.17, 15) is 9.18 Å². The van der Waals surface area contributed by atoms with Crippen molar-refractivity contribution in [2.45, 2.75) is 25.3 Å². The molecule has 0 heterocycles. The van der Waals surface area contributed by atoms with Crippen molar-refractivity contribution < 1.29 is 13.9 Å². The van der Waals surface area contributed by atoms with E-state index >= 15 is 0 Å². The predicted octanol–water partition coefficient (Wildman–Crippen LogP) is 2.01. The minimum atomic E-state index is -0.852. The molecule has 100 valence electrons. The van der Waals surface area contributed by atoms with E-state index < -0.39 is 17.3 Å². The number of hydrogen-bond acceptors (Lipinski definition) is 3. The predicted molar refractivity (Wildman–Crippen MR) is 66.8 cm³/mol. The van der Waals surface area contributed by atoms with Crippen LogP contribution < -0.4 is 10.1 Å². The molecule has 5 heteroatoms. The number of benzene rings is 1. The van der Waals surface area contributed by atoms with E-state index in [4.69, 9.17) is 10.00 Å². The van der Waals surface area contributed by atoms with Crippen molar-refractivity contribution in [1.82, 2.24) is 5.32 Å². The minimum Gasteiger partial charge on any atom is -0.481 e. The first-order valence-electron chi connectivity index (χ1n) is 6.15. The molecular weight excluding hydrogens is 247 g/mol. The molecule has 0 spiro atoms. The van der Waals surface area contributed by atoms with Crippen molar-refractivity contribution in [1.29, 1.82) is 5.26 Å². The van der Waals surface area contributed by atoms with Gasteiger partial charge in [0.15, 0.2) is 18.2 Å². The lowest BCUT2D eigenvalue weighted by molar-refractivity contribution is -0.124. The van der Waals surface area contributed by atoms with E-state index in [2.05, 4.69) is 11.4 Å². The summed E-state index contributed by atoms with van der Waals surface area (Å²) in [6.45, 7) is 1.40. The highest BCUT2D eigenvalue weighted by atomic mass is 19.1. The number of ether oxygens (including phenoxy) is 1. The maximum Gasteiger partial charge on any atom is 0.259 e. The third-order valence-electron chi connectivity index (χ3n) is 3.22. The Bertz CT molecular complexity index is 522. The monoisotopic (exact) mass is 262 g/mol. The van der Waals surface area contributed by atoms with Crippen LogP contribution in [0.1, 0.15) is 19.8 Å². The molecule has 2 rings (SSSR count). The van der Waals surface area contributed by atoms with Crippen molar-refractivity contribution >= 4 is 5.91 Å². The molecule has 19 heavy (non-hydrogen) atoms. The lowest BCUT2D eigenvalue weighted by Crippen LogP contribution is -2.48. The van der Waals surface area contributed by atoms with Crippen LogP contribution in [0.3, 0.4) is 0 Å². The van der Waals surface area contributed by atoms with Crippen LogP contribution in [0.15, 0.2) is 24.3 Å². The highest BCUT2D eigenvalue weighted by molar-refractivity contribution is 5.79. The van der Waals surface area contributed by atoms with Gasteiger partial charge >= 0.3 is 0 Å². The highest BCUT2D eigenvalue weighted by Crippen LogP contribution is 2.39. The molecule has 1 amide bonds. The molecule has 0 bridgehead atoms. The van der Waals surface area contributed by atoms with E-state index in [1.807, 2.05) is 0 Å². The first-order chi connectivity index (χ1) is 9.05. The third-order valence-corrected chi connectivity index (χ3v) is 3.22. The van der Waals surface area contributed by atoms with Crippen molar-refractivity contribution in [3.05, 3.63) is 30.1 Å². The van der Waals surface area contributed by atoms with Crippen molar-refractivity contribution in [3.8, 4) is 11.8 Å². The van der Waals surface area contributed by atoms with Gasteiger partial charge in [-0.05, 0) is 37.8 Å². The van der Waals surface area contributed by atoms with Gasteiger partial charge in [0.2, 0.25) is 0 Å². The van der Waals surface area contributed by atoms with Crippen LogP contribution in [0.5, 0.6) is 5.75 Å². The molecule has 1 atom stereocenters. The van der Waals surface area contributed by atoms with Gasteiger partial charge in [0.05, 0.1) is 6.07 Å². The van der Waals surface area contributed by atoms with Crippen molar-refractivity contribution in [3.63, 3.8) is 0 Å². The summed E-state index contributed by atoms with van der Waals surface area (Å²) in [7, 11) is 0. The number of carbonyl (C=O) groups is 1. The number of hydrogen-bond donors (Lipinski definition) is 1. The van der Waals surface area contributed by atoms with E-state index in [1.165, 1.54) is 12.1 Å². The second-order valence-electron chi connectivity index (χ2n) is 4.86. The van der Waals surface area contributed by atoms with Crippen molar-refractivity contribution in [2.75, 3.05) is 6.61 Å². The highest BCUT2D eigenvalue weighted by Gasteiger charge is 2.43. The Morgan fingerprint density at radius 1 is 1.58 bits per heavy atom. The summed E-state index contributed by atoms with van der Waals surface area (Å²) in [5, 5.41) is 11.8. The SMILES string of the molecule is CC(C#N)(NC(=O)COc1ccccc1F)C1CC1. The fourth-order valence-electron chi connectivity index (χ4n) is 1.91. The zero-order valence-corrected chi connectivity index (χ0v) is 10.6. The van der Waals surface area contributed by atoms with Crippen molar-refractivity contribution in [2.24, 2.45) is 5.92 Å². The number of para-hydroxylation sites is 1. The quantitative estimate of drug-likeness (QED) is 0.883. The van der Waals surface area contributed by atoms with Gasteiger partial charge in [-0.2, -0.15) is 5.26 Å². The Labute approximate surface area is 111 Å². The third kappa shape index (κ3) is 3.22. The zero-order chi connectivity index (χ0) is 13.9. The molecule has 0 aromatic heterocycles. The molecule has 4 nitrogen and oxygen atoms in total. The van der Waals surface area contributed by atoms with Gasteiger partial charge < -0.3 is 10.1 Å². The second kappa shape index (κ2) is 5.27. The number of carbonyl (C=O) groups excluding carboxylic acids is 1. The number of nitriles is 1. The molecular formula is C14H15FN2O2. The van der Waals surface area contributed by atoms with Gasteiger partial charge in [0.1, 0.15) is 5.54 Å². The summed E-state index contributed by atoms with van der Waals surface area (Å²) in [6.07, 6.45) is 1.89. The van der Waals surface area contributed by atoms with Gasteiger partial charge in [-0.1, -0.05) is 12.1 Å². The van der Waals surface area contributed by atoms with E-state index in [0.717, 1.165) is 12.8 Å². The van der Waals surface area contributed by atoms with E-state index in [0.29, 0.717) is 0 Å². The molecule has 1 unspecified atom stereocenters. The van der Waals surface area contributed by atoms with Gasteiger partial charge in [-0.3, -0.25) is 4.79 Å². The summed E-state index contributed by atoms with van der Waals surface area (Å²) >= 11 is 0. The number of amides is 1. The van der Waals surface area contributed by atoms with Crippen LogP contribution in [-0.4, -0.2) is 18.1 Å². The normalized spacial score (nSPS) is 17.1. The molecule has 1 aromatic carbocycles. The average molecular weight is 262 g/mol. The zero-order valence-electron chi connectivity index (χ0n) is 10.6. The number of nitrogens with zero attached hydrogens (tertiary/aromatic N) is 1. The standard InChI is InChI=1S/C14H15FN2O2/c1-14(9-16,10-6-7-10)17-13(18)8-19-12-5-3-2-4-11(12)15/h2-5,10H,6-8H2,1H3,(H,17,18). The van der Waals surface area contributed by atoms with Crippen LogP contribution in [0.2, 0.25) is 0 Å². The maximum absolute atomic E-state index is 13.3. The Kier molecular flexibility index (Phi) is 3.70. The molecule has 1 fully saturated rings. The molecule has 1 aliphatic carbocycles. The topological polar surface area (TPSA) is 62.1 Å². The summed E-state index contributed by atoms with van der Waals surface area (Å²) in [6, 6.07) is 8.00. The Morgan fingerprint density at radius 2 is 2.26 bits per heavy atom. The first kappa shape index (κ1) is 13.3. The molecule has 1 saturated carbocycles. The number of rotatable bonds is 5.